The van der Waals surface area contributed by atoms with Crippen LogP contribution in [0.15, 0.2) is 0 Å². The fraction of sp³-hybridized carbons (Fsp3) is 0.867. The van der Waals surface area contributed by atoms with E-state index < -0.39 is 17.4 Å². The minimum Gasteiger partial charge on any atom is -0.465 e. The molecule has 0 atom stereocenters. The van der Waals surface area contributed by atoms with Crippen molar-refractivity contribution in [2.75, 3.05) is 26.4 Å². The van der Waals surface area contributed by atoms with Gasteiger partial charge in [0.2, 0.25) is 0 Å². The first kappa shape index (κ1) is 18.9. The van der Waals surface area contributed by atoms with Crippen LogP contribution in [0.5, 0.6) is 0 Å². The van der Waals surface area contributed by atoms with Crippen LogP contribution in [0, 0.1) is 5.41 Å². The molecule has 0 saturated heterocycles. The summed E-state index contributed by atoms with van der Waals surface area (Å²) < 4.78 is 15.5. The van der Waals surface area contributed by atoms with Crippen molar-refractivity contribution in [2.45, 2.75) is 53.4 Å². The van der Waals surface area contributed by atoms with Gasteiger partial charge in [0, 0.05) is 13.2 Å². The van der Waals surface area contributed by atoms with Crippen LogP contribution in [0.1, 0.15) is 53.4 Å². The van der Waals surface area contributed by atoms with Crippen LogP contribution in [-0.2, 0) is 23.8 Å². The summed E-state index contributed by atoms with van der Waals surface area (Å²) in [6.45, 7) is 9.00. The van der Waals surface area contributed by atoms with Gasteiger partial charge in [-0.2, -0.15) is 0 Å². The standard InChI is InChI=1S/C15H28O5/c1-5-10-15(13(16)19-7-3,14(17)20-8-4)11-9-12-18-6-2/h5-12H2,1-4H3. The maximum absolute atomic E-state index is 12.3. The molecule has 20 heavy (non-hydrogen) atoms. The van der Waals surface area contributed by atoms with Crippen molar-refractivity contribution in [3.8, 4) is 0 Å². The number of hydrogen-bond acceptors (Lipinski definition) is 5. The molecule has 0 fully saturated rings. The van der Waals surface area contributed by atoms with Gasteiger partial charge in [-0.1, -0.05) is 13.3 Å². The van der Waals surface area contributed by atoms with Crippen LogP contribution in [0.3, 0.4) is 0 Å². The highest BCUT2D eigenvalue weighted by Crippen LogP contribution is 2.33. The van der Waals surface area contributed by atoms with Crippen molar-refractivity contribution in [1.82, 2.24) is 0 Å². The largest absolute Gasteiger partial charge is 0.465 e. The Labute approximate surface area is 122 Å². The fourth-order valence-electron chi connectivity index (χ4n) is 2.20. The Morgan fingerprint density at radius 3 is 1.80 bits per heavy atom. The Kier molecular flexibility index (Phi) is 10.1. The molecule has 0 bridgehead atoms. The van der Waals surface area contributed by atoms with Crippen molar-refractivity contribution in [3.63, 3.8) is 0 Å². The summed E-state index contributed by atoms with van der Waals surface area (Å²) in [7, 11) is 0. The van der Waals surface area contributed by atoms with Crippen molar-refractivity contribution in [3.05, 3.63) is 0 Å². The molecule has 0 saturated carbocycles. The maximum Gasteiger partial charge on any atom is 0.323 e. The summed E-state index contributed by atoms with van der Waals surface area (Å²) in [5.41, 5.74) is -1.18. The van der Waals surface area contributed by atoms with Gasteiger partial charge in [-0.15, -0.1) is 0 Å². The highest BCUT2D eigenvalue weighted by molar-refractivity contribution is 6.00. The summed E-state index contributed by atoms with van der Waals surface area (Å²) in [6, 6.07) is 0. The fourth-order valence-corrected chi connectivity index (χ4v) is 2.20. The maximum atomic E-state index is 12.3. The third-order valence-corrected chi connectivity index (χ3v) is 3.11. The van der Waals surface area contributed by atoms with Gasteiger partial charge in [-0.05, 0) is 40.0 Å². The van der Waals surface area contributed by atoms with E-state index in [4.69, 9.17) is 14.2 Å². The molecule has 5 nitrogen and oxygen atoms in total. The molecule has 0 radical (unpaired) electrons. The number of carbonyl (C=O) groups excluding carboxylic acids is 2. The van der Waals surface area contributed by atoms with E-state index in [0.29, 0.717) is 38.9 Å². The molecule has 0 aliphatic carbocycles. The molecular formula is C15H28O5. The van der Waals surface area contributed by atoms with Gasteiger partial charge in [-0.3, -0.25) is 9.59 Å². The number of carbonyl (C=O) groups is 2. The third-order valence-electron chi connectivity index (χ3n) is 3.11. The molecule has 0 aromatic rings. The zero-order chi connectivity index (χ0) is 15.4. The molecule has 0 spiro atoms. The smallest absolute Gasteiger partial charge is 0.323 e. The summed E-state index contributed by atoms with van der Waals surface area (Å²) >= 11 is 0. The SMILES string of the molecule is CCCC(CCCOCC)(C(=O)OCC)C(=O)OCC. The lowest BCUT2D eigenvalue weighted by atomic mass is 9.79. The summed E-state index contributed by atoms with van der Waals surface area (Å²) in [5, 5.41) is 0. The highest BCUT2D eigenvalue weighted by Gasteiger charge is 2.47. The van der Waals surface area contributed by atoms with Gasteiger partial charge in [0.1, 0.15) is 0 Å². The number of hydrogen-bond donors (Lipinski definition) is 0. The minimum atomic E-state index is -1.18. The molecule has 0 heterocycles. The van der Waals surface area contributed by atoms with Crippen LogP contribution in [-0.4, -0.2) is 38.4 Å². The molecule has 0 N–H and O–H groups in total. The monoisotopic (exact) mass is 288 g/mol. The average molecular weight is 288 g/mol. The number of esters is 2. The highest BCUT2D eigenvalue weighted by atomic mass is 16.6. The third kappa shape index (κ3) is 5.49. The molecule has 0 aliphatic rings. The zero-order valence-corrected chi connectivity index (χ0v) is 13.2. The average Bonchev–Trinajstić information content (AvgIpc) is 2.42. The first-order chi connectivity index (χ1) is 9.58. The van der Waals surface area contributed by atoms with E-state index in [2.05, 4.69) is 0 Å². The van der Waals surface area contributed by atoms with Crippen LogP contribution in [0.2, 0.25) is 0 Å². The second-order valence-corrected chi connectivity index (χ2v) is 4.57. The van der Waals surface area contributed by atoms with Gasteiger partial charge >= 0.3 is 11.9 Å². The van der Waals surface area contributed by atoms with E-state index in [-0.39, 0.29) is 13.2 Å². The second kappa shape index (κ2) is 10.7. The molecule has 0 aromatic heterocycles. The van der Waals surface area contributed by atoms with Gasteiger partial charge < -0.3 is 14.2 Å². The van der Waals surface area contributed by atoms with Gasteiger partial charge in [-0.25, -0.2) is 0 Å². The zero-order valence-electron chi connectivity index (χ0n) is 13.2. The first-order valence-electron chi connectivity index (χ1n) is 7.51. The molecule has 118 valence electrons. The van der Waals surface area contributed by atoms with E-state index in [1.54, 1.807) is 13.8 Å². The van der Waals surface area contributed by atoms with Crippen molar-refractivity contribution in [1.29, 1.82) is 0 Å². The molecule has 0 aromatic carbocycles. The van der Waals surface area contributed by atoms with Crippen molar-refractivity contribution >= 4 is 11.9 Å². The lowest BCUT2D eigenvalue weighted by Crippen LogP contribution is -2.42. The van der Waals surface area contributed by atoms with Gasteiger partial charge in [0.25, 0.3) is 0 Å². The Morgan fingerprint density at radius 2 is 1.40 bits per heavy atom. The first-order valence-corrected chi connectivity index (χ1v) is 7.51. The van der Waals surface area contributed by atoms with Crippen molar-refractivity contribution < 1.29 is 23.8 Å². The van der Waals surface area contributed by atoms with Crippen LogP contribution >= 0.6 is 0 Å². The summed E-state index contributed by atoms with van der Waals surface area (Å²) in [5.74, 6) is -0.950. The predicted molar refractivity (Wildman–Crippen MR) is 76.3 cm³/mol. The van der Waals surface area contributed by atoms with Crippen LogP contribution in [0.4, 0.5) is 0 Å². The Bertz CT molecular complexity index is 270. The summed E-state index contributed by atoms with van der Waals surface area (Å²) in [4.78, 5) is 24.5. The Morgan fingerprint density at radius 1 is 0.850 bits per heavy atom. The van der Waals surface area contributed by atoms with Gasteiger partial charge in [0.05, 0.1) is 13.2 Å². The summed E-state index contributed by atoms with van der Waals surface area (Å²) in [6.07, 6.45) is 2.19. The Hall–Kier alpha value is -1.10. The van der Waals surface area contributed by atoms with Gasteiger partial charge in [0.15, 0.2) is 5.41 Å². The van der Waals surface area contributed by atoms with Crippen LogP contribution in [0.25, 0.3) is 0 Å². The van der Waals surface area contributed by atoms with E-state index >= 15 is 0 Å². The number of rotatable bonds is 11. The predicted octanol–water partition coefficient (Wildman–Crippen LogP) is 2.72. The minimum absolute atomic E-state index is 0.259. The Balaban J connectivity index is 5.00. The molecular weight excluding hydrogens is 260 g/mol. The lowest BCUT2D eigenvalue weighted by molar-refractivity contribution is -0.173. The number of ether oxygens (including phenoxy) is 3. The molecule has 0 amide bonds. The van der Waals surface area contributed by atoms with Crippen LogP contribution < -0.4 is 0 Å². The van der Waals surface area contributed by atoms with E-state index in [9.17, 15) is 9.59 Å². The second-order valence-electron chi connectivity index (χ2n) is 4.57. The lowest BCUT2D eigenvalue weighted by Gasteiger charge is -2.28. The van der Waals surface area contributed by atoms with E-state index in [0.717, 1.165) is 0 Å². The van der Waals surface area contributed by atoms with Crippen molar-refractivity contribution in [2.24, 2.45) is 5.41 Å². The topological polar surface area (TPSA) is 61.8 Å². The molecule has 5 heteroatoms. The van der Waals surface area contributed by atoms with E-state index in [1.807, 2.05) is 13.8 Å². The molecule has 0 rings (SSSR count). The normalized spacial score (nSPS) is 11.2. The quantitative estimate of drug-likeness (QED) is 0.332. The van der Waals surface area contributed by atoms with E-state index in [1.165, 1.54) is 0 Å². The molecule has 0 aliphatic heterocycles. The molecule has 0 unspecified atom stereocenters.